The number of anilines is 1. The second-order valence-electron chi connectivity index (χ2n) is 6.01. The third-order valence-electron chi connectivity index (χ3n) is 3.62. The molecule has 0 atom stereocenters. The van der Waals surface area contributed by atoms with Gasteiger partial charge in [0.05, 0.1) is 5.56 Å². The highest BCUT2D eigenvalue weighted by molar-refractivity contribution is 5.93. The average Bonchev–Trinajstić information content (AvgIpc) is 2.54. The van der Waals surface area contributed by atoms with Gasteiger partial charge in [0.25, 0.3) is 5.91 Å². The number of carbonyl (C=O) groups excluding carboxylic acids is 1. The molecule has 0 saturated heterocycles. The molecule has 0 aliphatic heterocycles. The van der Waals surface area contributed by atoms with Gasteiger partial charge in [-0.05, 0) is 30.4 Å². The van der Waals surface area contributed by atoms with Crippen molar-refractivity contribution in [3.63, 3.8) is 0 Å². The molecule has 2 aromatic rings. The van der Waals surface area contributed by atoms with E-state index in [0.717, 1.165) is 6.42 Å². The van der Waals surface area contributed by atoms with Crippen LogP contribution in [0.3, 0.4) is 0 Å². The molecule has 0 radical (unpaired) electrons. The van der Waals surface area contributed by atoms with Crippen molar-refractivity contribution in [3.05, 3.63) is 53.3 Å². The third-order valence-corrected chi connectivity index (χ3v) is 3.62. The topological polar surface area (TPSA) is 66.9 Å². The summed E-state index contributed by atoms with van der Waals surface area (Å²) in [6.07, 6.45) is 4.07. The molecule has 2 rings (SSSR count). The smallest absolute Gasteiger partial charge is 0.254 e. The molecule has 1 heterocycles. The van der Waals surface area contributed by atoms with E-state index in [2.05, 4.69) is 53.5 Å². The fourth-order valence-electron chi connectivity index (χ4n) is 2.10. The molecule has 0 aliphatic carbocycles. The summed E-state index contributed by atoms with van der Waals surface area (Å²) in [5.41, 5.74) is 2.91. The van der Waals surface area contributed by atoms with E-state index in [1.807, 2.05) is 12.1 Å². The molecule has 1 aromatic heterocycles. The summed E-state index contributed by atoms with van der Waals surface area (Å²) in [5, 5.41) is 6.05. The summed E-state index contributed by atoms with van der Waals surface area (Å²) in [6.45, 7) is 7.66. The SMILES string of the molecule is Cc1ccccc1CNc1ncc(C(=O)NCCC(C)C)cn1. The molecule has 1 aromatic carbocycles. The Bertz CT molecular complexity index is 638. The van der Waals surface area contributed by atoms with Crippen LogP contribution in [-0.4, -0.2) is 22.4 Å². The zero-order valence-electron chi connectivity index (χ0n) is 14.0. The van der Waals surface area contributed by atoms with Crippen molar-refractivity contribution in [2.75, 3.05) is 11.9 Å². The van der Waals surface area contributed by atoms with Crippen molar-refractivity contribution in [1.29, 1.82) is 0 Å². The van der Waals surface area contributed by atoms with E-state index < -0.39 is 0 Å². The first-order valence-corrected chi connectivity index (χ1v) is 7.95. The van der Waals surface area contributed by atoms with Gasteiger partial charge in [-0.1, -0.05) is 38.1 Å². The van der Waals surface area contributed by atoms with Crippen molar-refractivity contribution in [2.24, 2.45) is 5.92 Å². The first-order valence-electron chi connectivity index (χ1n) is 7.95. The van der Waals surface area contributed by atoms with Gasteiger partial charge in [0, 0.05) is 25.5 Å². The van der Waals surface area contributed by atoms with Crippen LogP contribution < -0.4 is 10.6 Å². The highest BCUT2D eigenvalue weighted by Gasteiger charge is 2.07. The minimum Gasteiger partial charge on any atom is -0.352 e. The molecule has 122 valence electrons. The van der Waals surface area contributed by atoms with Crippen molar-refractivity contribution in [1.82, 2.24) is 15.3 Å². The van der Waals surface area contributed by atoms with Gasteiger partial charge in [0.2, 0.25) is 5.95 Å². The summed E-state index contributed by atoms with van der Waals surface area (Å²) in [6, 6.07) is 8.17. The number of hydrogen-bond donors (Lipinski definition) is 2. The molecule has 1 amide bonds. The fourth-order valence-corrected chi connectivity index (χ4v) is 2.10. The molecule has 5 nitrogen and oxygen atoms in total. The molecule has 0 spiro atoms. The van der Waals surface area contributed by atoms with E-state index in [1.54, 1.807) is 12.4 Å². The lowest BCUT2D eigenvalue weighted by Crippen LogP contribution is -2.25. The molecular formula is C18H24N4O. The van der Waals surface area contributed by atoms with Gasteiger partial charge in [0.15, 0.2) is 0 Å². The highest BCUT2D eigenvalue weighted by atomic mass is 16.1. The number of benzene rings is 1. The minimum absolute atomic E-state index is 0.129. The van der Waals surface area contributed by atoms with Crippen LogP contribution in [0.2, 0.25) is 0 Å². The van der Waals surface area contributed by atoms with Crippen molar-refractivity contribution in [3.8, 4) is 0 Å². The van der Waals surface area contributed by atoms with Crippen LogP contribution in [-0.2, 0) is 6.54 Å². The van der Waals surface area contributed by atoms with Crippen molar-refractivity contribution < 1.29 is 4.79 Å². The molecule has 0 bridgehead atoms. The maximum Gasteiger partial charge on any atom is 0.254 e. The molecule has 0 saturated carbocycles. The molecule has 0 fully saturated rings. The lowest BCUT2D eigenvalue weighted by molar-refractivity contribution is 0.0951. The van der Waals surface area contributed by atoms with Gasteiger partial charge in [-0.2, -0.15) is 0 Å². The van der Waals surface area contributed by atoms with E-state index in [4.69, 9.17) is 0 Å². The quantitative estimate of drug-likeness (QED) is 0.824. The number of amides is 1. The first kappa shape index (κ1) is 16.9. The van der Waals surface area contributed by atoms with Crippen LogP contribution in [0.5, 0.6) is 0 Å². The number of nitrogens with one attached hydrogen (secondary N) is 2. The molecular weight excluding hydrogens is 288 g/mol. The average molecular weight is 312 g/mol. The Kier molecular flexibility index (Phi) is 6.09. The minimum atomic E-state index is -0.129. The second kappa shape index (κ2) is 8.27. The Morgan fingerprint density at radius 3 is 2.52 bits per heavy atom. The summed E-state index contributed by atoms with van der Waals surface area (Å²) in [5.74, 6) is 0.961. The van der Waals surface area contributed by atoms with Gasteiger partial charge < -0.3 is 10.6 Å². The molecule has 5 heteroatoms. The van der Waals surface area contributed by atoms with Crippen LogP contribution in [0, 0.1) is 12.8 Å². The van der Waals surface area contributed by atoms with Crippen LogP contribution in [0.1, 0.15) is 41.8 Å². The predicted octanol–water partition coefficient (Wildman–Crippen LogP) is 3.17. The van der Waals surface area contributed by atoms with E-state index in [0.29, 0.717) is 30.5 Å². The molecule has 2 N–H and O–H groups in total. The van der Waals surface area contributed by atoms with Gasteiger partial charge in [-0.25, -0.2) is 9.97 Å². The van der Waals surface area contributed by atoms with Gasteiger partial charge in [0.1, 0.15) is 0 Å². The summed E-state index contributed by atoms with van der Waals surface area (Å²) in [7, 11) is 0. The van der Waals surface area contributed by atoms with Crippen LogP contribution in [0.15, 0.2) is 36.7 Å². The van der Waals surface area contributed by atoms with Crippen LogP contribution >= 0.6 is 0 Å². The molecule has 23 heavy (non-hydrogen) atoms. The number of rotatable bonds is 7. The van der Waals surface area contributed by atoms with Crippen LogP contribution in [0.25, 0.3) is 0 Å². The fraction of sp³-hybridized carbons (Fsp3) is 0.389. The molecule has 0 unspecified atom stereocenters. The van der Waals surface area contributed by atoms with Crippen LogP contribution in [0.4, 0.5) is 5.95 Å². The number of hydrogen-bond acceptors (Lipinski definition) is 4. The number of nitrogens with zero attached hydrogens (tertiary/aromatic N) is 2. The summed E-state index contributed by atoms with van der Waals surface area (Å²) in [4.78, 5) is 20.4. The van der Waals surface area contributed by atoms with E-state index >= 15 is 0 Å². The van der Waals surface area contributed by atoms with E-state index in [9.17, 15) is 4.79 Å². The summed E-state index contributed by atoms with van der Waals surface area (Å²) >= 11 is 0. The Hall–Kier alpha value is -2.43. The van der Waals surface area contributed by atoms with Gasteiger partial charge in [-0.3, -0.25) is 4.79 Å². The largest absolute Gasteiger partial charge is 0.352 e. The Balaban J connectivity index is 1.87. The summed E-state index contributed by atoms with van der Waals surface area (Å²) < 4.78 is 0. The molecule has 0 aliphatic rings. The van der Waals surface area contributed by atoms with Gasteiger partial charge >= 0.3 is 0 Å². The van der Waals surface area contributed by atoms with Gasteiger partial charge in [-0.15, -0.1) is 0 Å². The predicted molar refractivity (Wildman–Crippen MR) is 92.3 cm³/mol. The standard InChI is InChI=1S/C18H24N4O/c1-13(2)8-9-19-17(23)16-11-21-18(22-12-16)20-10-15-7-5-4-6-14(15)3/h4-7,11-13H,8-10H2,1-3H3,(H,19,23)(H,20,21,22). The van der Waals surface area contributed by atoms with Crippen molar-refractivity contribution in [2.45, 2.75) is 33.7 Å². The maximum atomic E-state index is 11.9. The number of aryl methyl sites for hydroxylation is 1. The second-order valence-corrected chi connectivity index (χ2v) is 6.01. The number of aromatic nitrogens is 2. The Morgan fingerprint density at radius 2 is 1.87 bits per heavy atom. The number of carbonyl (C=O) groups is 1. The normalized spacial score (nSPS) is 10.6. The lowest BCUT2D eigenvalue weighted by atomic mass is 10.1. The zero-order valence-corrected chi connectivity index (χ0v) is 14.0. The Morgan fingerprint density at radius 1 is 1.17 bits per heavy atom. The van der Waals surface area contributed by atoms with Crippen molar-refractivity contribution >= 4 is 11.9 Å². The Labute approximate surface area is 137 Å². The monoisotopic (exact) mass is 312 g/mol. The van der Waals surface area contributed by atoms with E-state index in [-0.39, 0.29) is 5.91 Å². The first-order chi connectivity index (χ1) is 11.1. The highest BCUT2D eigenvalue weighted by Crippen LogP contribution is 2.09. The third kappa shape index (κ3) is 5.36. The van der Waals surface area contributed by atoms with E-state index in [1.165, 1.54) is 11.1 Å². The maximum absolute atomic E-state index is 11.9. The lowest BCUT2D eigenvalue weighted by Gasteiger charge is -2.09. The zero-order chi connectivity index (χ0) is 16.7.